The number of methoxy groups -OCH3 is 1. The lowest BCUT2D eigenvalue weighted by Crippen LogP contribution is -2.27. The quantitative estimate of drug-likeness (QED) is 0.567. The Morgan fingerprint density at radius 1 is 1.15 bits per heavy atom. The number of carbonyl (C=O) groups excluding carboxylic acids is 1. The predicted octanol–water partition coefficient (Wildman–Crippen LogP) is 2.06. The molecule has 1 N–H and O–H groups in total. The van der Waals surface area contributed by atoms with Crippen LogP contribution in [0.5, 0.6) is 5.75 Å². The molecule has 0 radical (unpaired) electrons. The highest BCUT2D eigenvalue weighted by Crippen LogP contribution is 2.21. The van der Waals surface area contributed by atoms with Crippen LogP contribution in [0.1, 0.15) is 10.4 Å². The first-order valence-corrected chi connectivity index (χ1v) is 8.49. The van der Waals surface area contributed by atoms with Crippen molar-refractivity contribution in [3.63, 3.8) is 0 Å². The molecule has 0 spiro atoms. The van der Waals surface area contributed by atoms with Gasteiger partial charge in [0.1, 0.15) is 12.1 Å². The van der Waals surface area contributed by atoms with Gasteiger partial charge in [0, 0.05) is 35.8 Å². The standard InChI is InChI=1S/C19H18N6O2/c1-27-17-6-7-18-15(12-17)8-10-24(18)11-9-20-19(26)14-2-4-16(5-3-14)25-13-21-22-23-25/h2-8,10,12-13H,9,11H2,1H3,(H,20,26). The third kappa shape index (κ3) is 3.50. The van der Waals surface area contributed by atoms with Gasteiger partial charge in [-0.2, -0.15) is 0 Å². The molecule has 0 atom stereocenters. The Labute approximate surface area is 155 Å². The maximum absolute atomic E-state index is 12.3. The van der Waals surface area contributed by atoms with Gasteiger partial charge in [-0.15, -0.1) is 5.10 Å². The number of hydrogen-bond acceptors (Lipinski definition) is 5. The monoisotopic (exact) mass is 362 g/mol. The predicted molar refractivity (Wildman–Crippen MR) is 100.0 cm³/mol. The highest BCUT2D eigenvalue weighted by atomic mass is 16.5. The van der Waals surface area contributed by atoms with E-state index in [2.05, 4.69) is 25.4 Å². The molecule has 4 aromatic rings. The molecule has 0 saturated heterocycles. The maximum atomic E-state index is 12.3. The number of fused-ring (bicyclic) bond motifs is 1. The summed E-state index contributed by atoms with van der Waals surface area (Å²) in [7, 11) is 1.66. The van der Waals surface area contributed by atoms with E-state index in [1.165, 1.54) is 11.0 Å². The molecule has 2 aromatic heterocycles. The van der Waals surface area contributed by atoms with Gasteiger partial charge < -0.3 is 14.6 Å². The van der Waals surface area contributed by atoms with E-state index in [0.717, 1.165) is 22.3 Å². The number of benzene rings is 2. The van der Waals surface area contributed by atoms with Crippen molar-refractivity contribution in [2.75, 3.05) is 13.7 Å². The zero-order valence-corrected chi connectivity index (χ0v) is 14.7. The molecule has 136 valence electrons. The molecular formula is C19H18N6O2. The molecule has 0 aliphatic carbocycles. The summed E-state index contributed by atoms with van der Waals surface area (Å²) >= 11 is 0. The number of tetrazole rings is 1. The summed E-state index contributed by atoms with van der Waals surface area (Å²) in [6.45, 7) is 1.22. The number of rotatable bonds is 6. The normalized spacial score (nSPS) is 10.9. The van der Waals surface area contributed by atoms with Crippen molar-refractivity contribution in [2.45, 2.75) is 6.54 Å². The summed E-state index contributed by atoms with van der Waals surface area (Å²) in [5.41, 5.74) is 2.50. The maximum Gasteiger partial charge on any atom is 0.251 e. The zero-order valence-electron chi connectivity index (χ0n) is 14.7. The number of nitrogens with zero attached hydrogens (tertiary/aromatic N) is 5. The van der Waals surface area contributed by atoms with Crippen LogP contribution in [-0.2, 0) is 6.54 Å². The molecule has 0 aliphatic rings. The van der Waals surface area contributed by atoms with Crippen LogP contribution in [0.25, 0.3) is 16.6 Å². The molecule has 0 fully saturated rings. The van der Waals surface area contributed by atoms with Crippen molar-refractivity contribution >= 4 is 16.8 Å². The Balaban J connectivity index is 1.37. The van der Waals surface area contributed by atoms with E-state index in [-0.39, 0.29) is 5.91 Å². The first-order chi connectivity index (χ1) is 13.2. The Morgan fingerprint density at radius 3 is 2.74 bits per heavy atom. The zero-order chi connectivity index (χ0) is 18.6. The lowest BCUT2D eigenvalue weighted by atomic mass is 10.2. The summed E-state index contributed by atoms with van der Waals surface area (Å²) in [6, 6.07) is 15.1. The lowest BCUT2D eigenvalue weighted by molar-refractivity contribution is 0.0952. The summed E-state index contributed by atoms with van der Waals surface area (Å²) < 4.78 is 8.89. The highest BCUT2D eigenvalue weighted by Gasteiger charge is 2.07. The average Bonchev–Trinajstić information content (AvgIpc) is 3.38. The van der Waals surface area contributed by atoms with Crippen molar-refractivity contribution < 1.29 is 9.53 Å². The molecule has 27 heavy (non-hydrogen) atoms. The van der Waals surface area contributed by atoms with Crippen LogP contribution in [0.15, 0.2) is 61.1 Å². The van der Waals surface area contributed by atoms with Crippen LogP contribution in [0.4, 0.5) is 0 Å². The fourth-order valence-corrected chi connectivity index (χ4v) is 2.94. The minimum Gasteiger partial charge on any atom is -0.497 e. The molecule has 2 aromatic carbocycles. The van der Waals surface area contributed by atoms with Crippen LogP contribution in [0.3, 0.4) is 0 Å². The Morgan fingerprint density at radius 2 is 2.00 bits per heavy atom. The SMILES string of the molecule is COc1ccc2c(ccn2CCNC(=O)c2ccc(-n3cnnn3)cc2)c1. The smallest absolute Gasteiger partial charge is 0.251 e. The van der Waals surface area contributed by atoms with E-state index >= 15 is 0 Å². The number of amides is 1. The fraction of sp³-hybridized carbons (Fsp3) is 0.158. The van der Waals surface area contributed by atoms with Crippen molar-refractivity contribution in [3.8, 4) is 11.4 Å². The topological polar surface area (TPSA) is 86.9 Å². The molecule has 8 heteroatoms. The second-order valence-electron chi connectivity index (χ2n) is 5.99. The van der Waals surface area contributed by atoms with E-state index in [1.54, 1.807) is 31.4 Å². The summed E-state index contributed by atoms with van der Waals surface area (Å²) in [5, 5.41) is 15.1. The van der Waals surface area contributed by atoms with Gasteiger partial charge in [0.25, 0.3) is 5.91 Å². The van der Waals surface area contributed by atoms with E-state index in [0.29, 0.717) is 18.7 Å². The van der Waals surface area contributed by atoms with E-state index in [4.69, 9.17) is 4.74 Å². The second kappa shape index (κ2) is 7.28. The number of aromatic nitrogens is 5. The second-order valence-corrected chi connectivity index (χ2v) is 5.99. The van der Waals surface area contributed by atoms with E-state index in [9.17, 15) is 4.79 Å². The Hall–Kier alpha value is -3.68. The Kier molecular flexibility index (Phi) is 4.52. The molecule has 8 nitrogen and oxygen atoms in total. The minimum atomic E-state index is -0.114. The van der Waals surface area contributed by atoms with Crippen LogP contribution in [-0.4, -0.2) is 44.3 Å². The van der Waals surface area contributed by atoms with Gasteiger partial charge in [0.2, 0.25) is 0 Å². The summed E-state index contributed by atoms with van der Waals surface area (Å²) in [4.78, 5) is 12.3. The van der Waals surface area contributed by atoms with Crippen molar-refractivity contribution in [2.24, 2.45) is 0 Å². The Bertz CT molecular complexity index is 1050. The molecule has 2 heterocycles. The molecule has 1 amide bonds. The summed E-state index contributed by atoms with van der Waals surface area (Å²) in [6.07, 6.45) is 3.52. The molecular weight excluding hydrogens is 344 g/mol. The highest BCUT2D eigenvalue weighted by molar-refractivity contribution is 5.94. The molecule has 0 aliphatic heterocycles. The minimum absolute atomic E-state index is 0.114. The number of carbonyl (C=O) groups is 1. The summed E-state index contributed by atoms with van der Waals surface area (Å²) in [5.74, 6) is 0.718. The third-order valence-electron chi connectivity index (χ3n) is 4.36. The molecule has 0 saturated carbocycles. The van der Waals surface area contributed by atoms with Gasteiger partial charge >= 0.3 is 0 Å². The average molecular weight is 362 g/mol. The van der Waals surface area contributed by atoms with Gasteiger partial charge in [-0.25, -0.2) is 4.68 Å². The lowest BCUT2D eigenvalue weighted by Gasteiger charge is -2.09. The van der Waals surface area contributed by atoms with E-state index in [1.807, 2.05) is 30.5 Å². The van der Waals surface area contributed by atoms with Crippen LogP contribution >= 0.6 is 0 Å². The van der Waals surface area contributed by atoms with Crippen molar-refractivity contribution in [1.29, 1.82) is 0 Å². The number of hydrogen-bond donors (Lipinski definition) is 1. The molecule has 0 unspecified atom stereocenters. The number of nitrogens with one attached hydrogen (secondary N) is 1. The van der Waals surface area contributed by atoms with Gasteiger partial charge in [-0.3, -0.25) is 4.79 Å². The largest absolute Gasteiger partial charge is 0.497 e. The van der Waals surface area contributed by atoms with E-state index < -0.39 is 0 Å². The van der Waals surface area contributed by atoms with Crippen LogP contribution < -0.4 is 10.1 Å². The third-order valence-corrected chi connectivity index (χ3v) is 4.36. The molecule has 0 bridgehead atoms. The molecule has 4 rings (SSSR count). The van der Waals surface area contributed by atoms with Gasteiger partial charge in [0.05, 0.1) is 12.8 Å². The van der Waals surface area contributed by atoms with Crippen LogP contribution in [0.2, 0.25) is 0 Å². The first kappa shape index (κ1) is 16.8. The van der Waals surface area contributed by atoms with Gasteiger partial charge in [0.15, 0.2) is 0 Å². The van der Waals surface area contributed by atoms with Crippen molar-refractivity contribution in [1.82, 2.24) is 30.1 Å². The van der Waals surface area contributed by atoms with Gasteiger partial charge in [-0.1, -0.05) is 0 Å². The van der Waals surface area contributed by atoms with Crippen molar-refractivity contribution in [3.05, 3.63) is 66.6 Å². The first-order valence-electron chi connectivity index (χ1n) is 8.49. The van der Waals surface area contributed by atoms with Gasteiger partial charge in [-0.05, 0) is 59.0 Å². The van der Waals surface area contributed by atoms with Crippen LogP contribution in [0, 0.1) is 0 Å². The fourth-order valence-electron chi connectivity index (χ4n) is 2.94. The number of ether oxygens (including phenoxy) is 1.